The normalized spacial score (nSPS) is 32.9. The maximum atomic E-state index is 12.2. The molecule has 7 heteroatoms. The Kier molecular flexibility index (Phi) is 2.53. The number of carbonyl (C=O) groups excluding carboxylic acids is 1. The van der Waals surface area contributed by atoms with Crippen molar-refractivity contribution in [1.82, 2.24) is 5.32 Å². The summed E-state index contributed by atoms with van der Waals surface area (Å²) < 4.78 is 10.5. The third-order valence-corrected chi connectivity index (χ3v) is 4.08. The van der Waals surface area contributed by atoms with E-state index in [1.807, 2.05) is 0 Å². The molecular weight excluding hydrogens is 278 g/mol. The molecule has 0 aromatic heterocycles. The number of hydrogen-bond acceptors (Lipinski definition) is 6. The van der Waals surface area contributed by atoms with Gasteiger partial charge in [0.05, 0.1) is 11.6 Å². The lowest BCUT2D eigenvalue weighted by atomic mass is 9.79. The Labute approximate surface area is 119 Å². The van der Waals surface area contributed by atoms with Crippen molar-refractivity contribution in [1.29, 1.82) is 0 Å². The summed E-state index contributed by atoms with van der Waals surface area (Å²) in [6.07, 6.45) is -2.36. The van der Waals surface area contributed by atoms with Crippen molar-refractivity contribution < 1.29 is 29.6 Å². The minimum absolute atomic E-state index is 0.0896. The Morgan fingerprint density at radius 3 is 2.43 bits per heavy atom. The van der Waals surface area contributed by atoms with E-state index in [-0.39, 0.29) is 12.7 Å². The Morgan fingerprint density at radius 1 is 1.05 bits per heavy atom. The van der Waals surface area contributed by atoms with Crippen LogP contribution >= 0.6 is 0 Å². The molecule has 7 nitrogen and oxygen atoms in total. The smallest absolute Gasteiger partial charge is 0.252 e. The Hall–Kier alpha value is -2.09. The van der Waals surface area contributed by atoms with E-state index in [0.717, 1.165) is 0 Å². The zero-order valence-corrected chi connectivity index (χ0v) is 10.8. The predicted molar refractivity (Wildman–Crippen MR) is 69.8 cm³/mol. The average Bonchev–Trinajstić information content (AvgIpc) is 2.92. The third-order valence-electron chi connectivity index (χ3n) is 4.08. The standard InChI is InChI=1S/C14H13NO6/c16-8-1-6-5-2-9-10(21-4-20-9)3-7(5)14(19)15-11(6)13(18)12(8)17/h1-3,8,11-13,16-18H,4H2,(H,15,19)/t8-,11+,12+,13-/m1/s1. The maximum Gasteiger partial charge on any atom is 0.252 e. The van der Waals surface area contributed by atoms with Gasteiger partial charge in [0.25, 0.3) is 5.91 Å². The molecule has 0 unspecified atom stereocenters. The first-order valence-electron chi connectivity index (χ1n) is 6.57. The lowest BCUT2D eigenvalue weighted by Gasteiger charge is -2.39. The van der Waals surface area contributed by atoms with Crippen molar-refractivity contribution in [2.45, 2.75) is 24.4 Å². The number of fused-ring (bicyclic) bond motifs is 4. The lowest BCUT2D eigenvalue weighted by molar-refractivity contribution is -0.0534. The van der Waals surface area contributed by atoms with Gasteiger partial charge in [-0.2, -0.15) is 0 Å². The third kappa shape index (κ3) is 1.68. The number of amides is 1. The van der Waals surface area contributed by atoms with E-state index >= 15 is 0 Å². The van der Waals surface area contributed by atoms with Crippen LogP contribution in [-0.4, -0.2) is 52.4 Å². The van der Waals surface area contributed by atoms with E-state index in [4.69, 9.17) is 9.47 Å². The van der Waals surface area contributed by atoms with Gasteiger partial charge in [0.15, 0.2) is 11.5 Å². The molecule has 110 valence electrons. The van der Waals surface area contributed by atoms with Gasteiger partial charge in [0, 0.05) is 0 Å². The maximum absolute atomic E-state index is 12.2. The second kappa shape index (κ2) is 4.20. The summed E-state index contributed by atoms with van der Waals surface area (Å²) in [4.78, 5) is 12.2. The monoisotopic (exact) mass is 291 g/mol. The van der Waals surface area contributed by atoms with Crippen molar-refractivity contribution in [2.75, 3.05) is 6.79 Å². The van der Waals surface area contributed by atoms with E-state index in [1.165, 1.54) is 6.08 Å². The topological polar surface area (TPSA) is 108 Å². The van der Waals surface area contributed by atoms with Crippen LogP contribution in [-0.2, 0) is 0 Å². The van der Waals surface area contributed by atoms with Gasteiger partial charge in [0.2, 0.25) is 6.79 Å². The molecule has 3 aliphatic rings. The number of ether oxygens (including phenoxy) is 2. The van der Waals surface area contributed by atoms with Gasteiger partial charge in [-0.25, -0.2) is 0 Å². The average molecular weight is 291 g/mol. The molecule has 2 heterocycles. The molecule has 4 rings (SSSR count). The van der Waals surface area contributed by atoms with Crippen LogP contribution in [0.3, 0.4) is 0 Å². The first kappa shape index (κ1) is 12.6. The van der Waals surface area contributed by atoms with Gasteiger partial charge < -0.3 is 30.1 Å². The summed E-state index contributed by atoms with van der Waals surface area (Å²) in [6, 6.07) is 2.48. The number of carbonyl (C=O) groups is 1. The number of benzene rings is 1. The fraction of sp³-hybridized carbons (Fsp3) is 0.357. The van der Waals surface area contributed by atoms with Crippen LogP contribution in [0, 0.1) is 0 Å². The molecule has 1 aromatic rings. The van der Waals surface area contributed by atoms with Crippen molar-refractivity contribution in [3.63, 3.8) is 0 Å². The second-order valence-corrected chi connectivity index (χ2v) is 5.30. The summed E-state index contributed by atoms with van der Waals surface area (Å²) in [6.45, 7) is 0.0896. The van der Waals surface area contributed by atoms with E-state index in [1.54, 1.807) is 12.1 Å². The number of aliphatic hydroxyl groups is 3. The van der Waals surface area contributed by atoms with E-state index in [9.17, 15) is 20.1 Å². The minimum Gasteiger partial charge on any atom is -0.454 e. The summed E-state index contributed by atoms with van der Waals surface area (Å²) in [5, 5.41) is 32.3. The molecule has 1 aromatic carbocycles. The van der Waals surface area contributed by atoms with Crippen LogP contribution < -0.4 is 14.8 Å². The van der Waals surface area contributed by atoms with Crippen LogP contribution in [0.25, 0.3) is 5.57 Å². The van der Waals surface area contributed by atoms with Crippen LogP contribution in [0.1, 0.15) is 15.9 Å². The summed E-state index contributed by atoms with van der Waals surface area (Å²) >= 11 is 0. The summed E-state index contributed by atoms with van der Waals surface area (Å²) in [5.74, 6) is 0.631. The van der Waals surface area contributed by atoms with Gasteiger partial charge in [-0.1, -0.05) is 0 Å². The first-order chi connectivity index (χ1) is 10.1. The highest BCUT2D eigenvalue weighted by atomic mass is 16.7. The van der Waals surface area contributed by atoms with Crippen molar-refractivity contribution in [3.05, 3.63) is 29.3 Å². The first-order valence-corrected chi connectivity index (χ1v) is 6.57. The SMILES string of the molecule is O=C1N[C@H]2C(=C[C@@H](O)[C@H](O)[C@@H]2O)c2cc3c(cc21)OCO3. The quantitative estimate of drug-likeness (QED) is 0.489. The van der Waals surface area contributed by atoms with Crippen molar-refractivity contribution in [3.8, 4) is 11.5 Å². The Balaban J connectivity index is 1.90. The summed E-state index contributed by atoms with van der Waals surface area (Å²) in [5.41, 5.74) is 1.52. The van der Waals surface area contributed by atoms with Crippen LogP contribution in [0.5, 0.6) is 11.5 Å². The van der Waals surface area contributed by atoms with Gasteiger partial charge in [0.1, 0.15) is 18.3 Å². The van der Waals surface area contributed by atoms with Crippen molar-refractivity contribution >= 4 is 11.5 Å². The number of aliphatic hydroxyl groups excluding tert-OH is 3. The van der Waals surface area contributed by atoms with E-state index < -0.39 is 24.4 Å². The molecule has 21 heavy (non-hydrogen) atoms. The molecule has 0 bridgehead atoms. The molecule has 0 radical (unpaired) electrons. The Bertz CT molecular complexity index is 670. The van der Waals surface area contributed by atoms with Gasteiger partial charge >= 0.3 is 0 Å². The van der Waals surface area contributed by atoms with Crippen LogP contribution in [0.2, 0.25) is 0 Å². The highest BCUT2D eigenvalue weighted by Crippen LogP contribution is 2.41. The number of rotatable bonds is 0. The number of hydrogen-bond donors (Lipinski definition) is 4. The highest BCUT2D eigenvalue weighted by Gasteiger charge is 2.43. The van der Waals surface area contributed by atoms with Gasteiger partial charge in [-0.3, -0.25) is 4.79 Å². The molecule has 0 saturated carbocycles. The fourth-order valence-corrected chi connectivity index (χ4v) is 2.98. The molecule has 1 aliphatic carbocycles. The summed E-state index contributed by atoms with van der Waals surface area (Å²) in [7, 11) is 0. The lowest BCUT2D eigenvalue weighted by Crippen LogP contribution is -2.57. The Morgan fingerprint density at radius 2 is 1.71 bits per heavy atom. The largest absolute Gasteiger partial charge is 0.454 e. The molecule has 4 atom stereocenters. The predicted octanol–water partition coefficient (Wildman–Crippen LogP) is -0.993. The second-order valence-electron chi connectivity index (χ2n) is 5.30. The zero-order valence-electron chi connectivity index (χ0n) is 10.8. The molecular formula is C14H13NO6. The van der Waals surface area contributed by atoms with E-state index in [0.29, 0.717) is 28.2 Å². The molecule has 0 spiro atoms. The van der Waals surface area contributed by atoms with Crippen LogP contribution in [0.15, 0.2) is 18.2 Å². The van der Waals surface area contributed by atoms with E-state index in [2.05, 4.69) is 5.32 Å². The molecule has 2 aliphatic heterocycles. The molecule has 0 fully saturated rings. The highest BCUT2D eigenvalue weighted by molar-refractivity contribution is 6.05. The van der Waals surface area contributed by atoms with Crippen LogP contribution in [0.4, 0.5) is 0 Å². The zero-order chi connectivity index (χ0) is 14.7. The number of nitrogens with one attached hydrogen (secondary N) is 1. The minimum atomic E-state index is -1.34. The molecule has 1 amide bonds. The van der Waals surface area contributed by atoms with Crippen molar-refractivity contribution in [2.24, 2.45) is 0 Å². The fourth-order valence-electron chi connectivity index (χ4n) is 2.98. The molecule has 0 saturated heterocycles. The van der Waals surface area contributed by atoms with Gasteiger partial charge in [-0.15, -0.1) is 0 Å². The molecule has 4 N–H and O–H groups in total. The van der Waals surface area contributed by atoms with Gasteiger partial charge in [-0.05, 0) is 29.3 Å².